The maximum absolute atomic E-state index is 13.0. The molecule has 1 saturated heterocycles. The number of piperidine rings is 1. The first-order valence-electron chi connectivity index (χ1n) is 11.6. The normalized spacial score (nSPS) is 18.4. The molecule has 0 saturated carbocycles. The molecule has 0 bridgehead atoms. The van der Waals surface area contributed by atoms with E-state index in [4.69, 9.17) is 4.74 Å². The highest BCUT2D eigenvalue weighted by atomic mass is 16.5. The molecule has 3 amide bonds. The molecule has 2 aromatic carbocycles. The lowest BCUT2D eigenvalue weighted by molar-refractivity contribution is 0.0641. The quantitative estimate of drug-likeness (QED) is 0.493. The molecule has 174 valence electrons. The van der Waals surface area contributed by atoms with Crippen molar-refractivity contribution < 1.29 is 19.1 Å². The summed E-state index contributed by atoms with van der Waals surface area (Å²) in [6.45, 7) is 5.05. The van der Waals surface area contributed by atoms with Crippen LogP contribution in [-0.4, -0.2) is 60.3 Å². The first kappa shape index (κ1) is 23.0. The number of ether oxygens (including phenoxy) is 1. The summed E-state index contributed by atoms with van der Waals surface area (Å²) in [5, 5.41) is 2.94. The van der Waals surface area contributed by atoms with Gasteiger partial charge in [-0.05, 0) is 57.0 Å². The van der Waals surface area contributed by atoms with Crippen LogP contribution in [0.2, 0.25) is 0 Å². The van der Waals surface area contributed by atoms with Gasteiger partial charge in [0, 0.05) is 30.3 Å². The van der Waals surface area contributed by atoms with Gasteiger partial charge in [0.25, 0.3) is 17.7 Å². The molecule has 2 aliphatic heterocycles. The smallest absolute Gasteiger partial charge is 0.261 e. The van der Waals surface area contributed by atoms with Crippen molar-refractivity contribution in [3.63, 3.8) is 0 Å². The van der Waals surface area contributed by atoms with Gasteiger partial charge in [-0.25, -0.2) is 0 Å². The summed E-state index contributed by atoms with van der Waals surface area (Å²) in [6.07, 6.45) is 4.66. The highest BCUT2D eigenvalue weighted by Crippen LogP contribution is 2.28. The highest BCUT2D eigenvalue weighted by Gasteiger charge is 2.36. The van der Waals surface area contributed by atoms with Crippen LogP contribution in [0.3, 0.4) is 0 Å². The summed E-state index contributed by atoms with van der Waals surface area (Å²) < 4.78 is 5.34. The summed E-state index contributed by atoms with van der Waals surface area (Å²) in [7, 11) is 1.55. The van der Waals surface area contributed by atoms with Crippen molar-refractivity contribution in [3.8, 4) is 5.75 Å². The number of likely N-dealkylation sites (tertiary alicyclic amines) is 1. The lowest BCUT2D eigenvalue weighted by Crippen LogP contribution is -2.39. The number of fused-ring (bicyclic) bond motifs is 1. The molecule has 0 aromatic heterocycles. The number of imide groups is 1. The van der Waals surface area contributed by atoms with Gasteiger partial charge in [0.1, 0.15) is 5.75 Å². The van der Waals surface area contributed by atoms with E-state index in [0.717, 1.165) is 25.1 Å². The van der Waals surface area contributed by atoms with Gasteiger partial charge in [-0.15, -0.1) is 0 Å². The summed E-state index contributed by atoms with van der Waals surface area (Å²) in [4.78, 5) is 42.1. The molecule has 0 radical (unpaired) electrons. The van der Waals surface area contributed by atoms with E-state index in [1.54, 1.807) is 25.3 Å². The Balaban J connectivity index is 1.37. The van der Waals surface area contributed by atoms with E-state index >= 15 is 0 Å². The zero-order valence-corrected chi connectivity index (χ0v) is 19.3. The molecule has 2 aliphatic rings. The van der Waals surface area contributed by atoms with Gasteiger partial charge in [-0.2, -0.15) is 0 Å². The predicted octanol–water partition coefficient (Wildman–Crippen LogP) is 3.49. The third kappa shape index (κ3) is 4.93. The molecular formula is C26H31N3O4. The zero-order valence-electron chi connectivity index (χ0n) is 19.3. The molecule has 33 heavy (non-hydrogen) atoms. The third-order valence-corrected chi connectivity index (χ3v) is 6.60. The third-order valence-electron chi connectivity index (χ3n) is 6.60. The van der Waals surface area contributed by atoms with Crippen LogP contribution in [0.5, 0.6) is 5.75 Å². The number of amides is 3. The van der Waals surface area contributed by atoms with Crippen molar-refractivity contribution >= 4 is 17.7 Å². The fourth-order valence-corrected chi connectivity index (χ4v) is 4.66. The van der Waals surface area contributed by atoms with Crippen molar-refractivity contribution in [1.82, 2.24) is 15.1 Å². The van der Waals surface area contributed by atoms with Crippen molar-refractivity contribution in [3.05, 3.63) is 64.7 Å². The van der Waals surface area contributed by atoms with Gasteiger partial charge in [0.15, 0.2) is 0 Å². The maximum atomic E-state index is 13.0. The van der Waals surface area contributed by atoms with Crippen LogP contribution in [0.25, 0.3) is 0 Å². The second-order valence-corrected chi connectivity index (χ2v) is 8.76. The molecule has 2 heterocycles. The molecule has 1 fully saturated rings. The van der Waals surface area contributed by atoms with E-state index in [0.29, 0.717) is 29.5 Å². The zero-order chi connectivity index (χ0) is 23.4. The predicted molar refractivity (Wildman–Crippen MR) is 125 cm³/mol. The average Bonchev–Trinajstić information content (AvgIpc) is 3.07. The fraction of sp³-hybridized carbons (Fsp3) is 0.423. The first-order chi connectivity index (χ1) is 16.0. The molecule has 1 N–H and O–H groups in total. The number of carbonyl (C=O) groups is 3. The van der Waals surface area contributed by atoms with E-state index in [1.165, 1.54) is 30.2 Å². The Morgan fingerprint density at radius 2 is 1.88 bits per heavy atom. The maximum Gasteiger partial charge on any atom is 0.261 e. The van der Waals surface area contributed by atoms with E-state index in [1.807, 2.05) is 18.2 Å². The Labute approximate surface area is 194 Å². The number of rotatable bonds is 8. The Bertz CT molecular complexity index is 1050. The number of hydrogen-bond acceptors (Lipinski definition) is 5. The van der Waals surface area contributed by atoms with Crippen molar-refractivity contribution in [2.24, 2.45) is 0 Å². The van der Waals surface area contributed by atoms with Gasteiger partial charge in [-0.3, -0.25) is 19.3 Å². The van der Waals surface area contributed by atoms with Crippen LogP contribution in [0, 0.1) is 0 Å². The van der Waals surface area contributed by atoms with Gasteiger partial charge < -0.3 is 15.0 Å². The van der Waals surface area contributed by atoms with Gasteiger partial charge in [0.05, 0.1) is 24.8 Å². The molecule has 7 heteroatoms. The molecule has 2 aromatic rings. The van der Waals surface area contributed by atoms with Crippen molar-refractivity contribution in [2.45, 2.75) is 45.2 Å². The molecule has 0 spiro atoms. The van der Waals surface area contributed by atoms with Gasteiger partial charge >= 0.3 is 0 Å². The number of benzene rings is 2. The number of methoxy groups -OCH3 is 1. The number of para-hydroxylation sites is 1. The van der Waals surface area contributed by atoms with Crippen LogP contribution in [0.1, 0.15) is 69.2 Å². The Hall–Kier alpha value is -3.19. The van der Waals surface area contributed by atoms with E-state index < -0.39 is 5.91 Å². The highest BCUT2D eigenvalue weighted by molar-refractivity contribution is 6.22. The average molecular weight is 450 g/mol. The molecule has 7 nitrogen and oxygen atoms in total. The molecular weight excluding hydrogens is 418 g/mol. The molecule has 4 rings (SSSR count). The van der Waals surface area contributed by atoms with E-state index in [2.05, 4.69) is 17.1 Å². The summed E-state index contributed by atoms with van der Waals surface area (Å²) in [5.74, 6) is -0.362. The lowest BCUT2D eigenvalue weighted by atomic mass is 10.0. The molecule has 0 aliphatic carbocycles. The first-order valence-corrected chi connectivity index (χ1v) is 11.6. The summed E-state index contributed by atoms with van der Waals surface area (Å²) in [5.41, 5.74) is 1.73. The summed E-state index contributed by atoms with van der Waals surface area (Å²) >= 11 is 0. The Morgan fingerprint density at radius 1 is 1.09 bits per heavy atom. The molecule has 1 unspecified atom stereocenters. The van der Waals surface area contributed by atoms with E-state index in [-0.39, 0.29) is 23.9 Å². The minimum atomic E-state index is -0.394. The minimum Gasteiger partial charge on any atom is -0.496 e. The minimum absolute atomic E-state index is 0.118. The van der Waals surface area contributed by atoms with Crippen LogP contribution in [0.4, 0.5) is 0 Å². The Kier molecular flexibility index (Phi) is 7.08. The van der Waals surface area contributed by atoms with E-state index in [9.17, 15) is 14.4 Å². The largest absolute Gasteiger partial charge is 0.496 e. The van der Waals surface area contributed by atoms with Crippen LogP contribution >= 0.6 is 0 Å². The van der Waals surface area contributed by atoms with Crippen molar-refractivity contribution in [1.29, 1.82) is 0 Å². The number of nitrogens with one attached hydrogen (secondary N) is 1. The number of hydrogen-bond donors (Lipinski definition) is 1. The topological polar surface area (TPSA) is 79.0 Å². The standard InChI is InChI=1S/C26H31N3O4/c1-18-8-5-6-14-28(18)15-7-13-27-24(30)19-11-12-21-22(16-19)26(32)29(25(21)31)17-20-9-3-4-10-23(20)33-2/h3-4,9-12,16,18H,5-8,13-15,17H2,1-2H3,(H,27,30). The second kappa shape index (κ2) is 10.2. The van der Waals surface area contributed by atoms with Gasteiger partial charge in [0.2, 0.25) is 0 Å². The number of carbonyl (C=O) groups excluding carboxylic acids is 3. The fourth-order valence-electron chi connectivity index (χ4n) is 4.66. The Morgan fingerprint density at radius 3 is 2.67 bits per heavy atom. The second-order valence-electron chi connectivity index (χ2n) is 8.76. The SMILES string of the molecule is COc1ccccc1CN1C(=O)c2ccc(C(=O)NCCCN3CCCCC3C)cc2C1=O. The summed E-state index contributed by atoms with van der Waals surface area (Å²) in [6, 6.07) is 12.6. The van der Waals surface area contributed by atoms with Crippen LogP contribution in [0.15, 0.2) is 42.5 Å². The van der Waals surface area contributed by atoms with Crippen LogP contribution in [-0.2, 0) is 6.54 Å². The van der Waals surface area contributed by atoms with Gasteiger partial charge in [-0.1, -0.05) is 24.6 Å². The van der Waals surface area contributed by atoms with Crippen LogP contribution < -0.4 is 10.1 Å². The molecule has 1 atom stereocenters. The lowest BCUT2D eigenvalue weighted by Gasteiger charge is -2.33. The van der Waals surface area contributed by atoms with Crippen molar-refractivity contribution in [2.75, 3.05) is 26.7 Å². The number of nitrogens with zero attached hydrogens (tertiary/aromatic N) is 2. The monoisotopic (exact) mass is 449 g/mol.